The van der Waals surface area contributed by atoms with Crippen LogP contribution in [0.25, 0.3) is 0 Å². The van der Waals surface area contributed by atoms with Crippen LogP contribution in [0.5, 0.6) is 0 Å². The molecule has 1 aliphatic heterocycles. The fraction of sp³-hybridized carbons (Fsp3) is 0.967. The topological polar surface area (TPSA) is 38.8 Å². The van der Waals surface area contributed by atoms with Gasteiger partial charge in [0, 0.05) is 12.3 Å². The molecule has 0 aromatic rings. The van der Waals surface area contributed by atoms with E-state index < -0.39 is 0 Å². The second kappa shape index (κ2) is 7.97. The molecule has 1 saturated heterocycles. The summed E-state index contributed by atoms with van der Waals surface area (Å²) in [6.07, 6.45) is 14.5. The monoisotopic (exact) mass is 458 g/mol. The summed E-state index contributed by atoms with van der Waals surface area (Å²) in [5, 5.41) is 0. The lowest BCUT2D eigenvalue weighted by atomic mass is 9.43. The van der Waals surface area contributed by atoms with E-state index in [1.54, 1.807) is 6.92 Å². The summed E-state index contributed by atoms with van der Waals surface area (Å²) in [5.74, 6) is 5.01. The highest BCUT2D eigenvalue weighted by molar-refractivity contribution is 5.66. The van der Waals surface area contributed by atoms with Gasteiger partial charge in [-0.05, 0) is 99.2 Å². The molecule has 3 nitrogen and oxygen atoms in total. The summed E-state index contributed by atoms with van der Waals surface area (Å²) in [6.45, 7) is 16.3. The highest BCUT2D eigenvalue weighted by Gasteiger charge is 2.83. The molecule has 4 saturated carbocycles. The summed E-state index contributed by atoms with van der Waals surface area (Å²) in [5.41, 5.74) is 0.460. The number of ether oxygens (including phenoxy) is 2. The van der Waals surface area contributed by atoms with Crippen LogP contribution in [0.15, 0.2) is 0 Å². The first kappa shape index (κ1) is 24.1. The van der Waals surface area contributed by atoms with Gasteiger partial charge in [-0.3, -0.25) is 4.79 Å². The van der Waals surface area contributed by atoms with Crippen LogP contribution in [-0.4, -0.2) is 23.3 Å². The number of carbonyl (C=O) groups is 1. The number of epoxide rings is 1. The number of esters is 1. The molecule has 10 unspecified atom stereocenters. The highest BCUT2D eigenvalue weighted by Crippen LogP contribution is 2.77. The largest absolute Gasteiger partial charge is 0.459 e. The van der Waals surface area contributed by atoms with E-state index >= 15 is 0 Å². The van der Waals surface area contributed by atoms with E-state index in [1.807, 2.05) is 0 Å². The molecule has 5 fully saturated rings. The predicted molar refractivity (Wildman–Crippen MR) is 133 cm³/mol. The van der Waals surface area contributed by atoms with Crippen molar-refractivity contribution < 1.29 is 14.3 Å². The zero-order valence-corrected chi connectivity index (χ0v) is 22.5. The molecule has 0 aromatic carbocycles. The van der Waals surface area contributed by atoms with Gasteiger partial charge in [0.1, 0.15) is 17.3 Å². The van der Waals surface area contributed by atoms with E-state index in [-0.39, 0.29) is 28.7 Å². The van der Waals surface area contributed by atoms with Crippen molar-refractivity contribution in [3.63, 3.8) is 0 Å². The molecular weight excluding hydrogens is 408 g/mol. The molecule has 0 N–H and O–H groups in total. The van der Waals surface area contributed by atoms with Gasteiger partial charge >= 0.3 is 5.97 Å². The fourth-order valence-corrected chi connectivity index (χ4v) is 10.6. The van der Waals surface area contributed by atoms with Crippen LogP contribution in [0.1, 0.15) is 119 Å². The second-order valence-electron chi connectivity index (χ2n) is 14.0. The van der Waals surface area contributed by atoms with Crippen LogP contribution in [0, 0.1) is 46.3 Å². The molecule has 0 aromatic heterocycles. The first-order chi connectivity index (χ1) is 15.5. The van der Waals surface area contributed by atoms with E-state index in [4.69, 9.17) is 9.47 Å². The quantitative estimate of drug-likeness (QED) is 0.304. The minimum Gasteiger partial charge on any atom is -0.459 e. The Morgan fingerprint density at radius 2 is 1.70 bits per heavy atom. The SMILES string of the molecule is CC(=O)OC1CCC2(C)C3CCC4(C)C(C(C)CCCC(C)C)CCC4C3CCC23OC13C. The minimum absolute atomic E-state index is 0.0592. The molecule has 0 amide bonds. The second-order valence-corrected chi connectivity index (χ2v) is 14.0. The maximum absolute atomic E-state index is 11.8. The molecule has 0 bridgehead atoms. The van der Waals surface area contributed by atoms with E-state index in [2.05, 4.69) is 41.5 Å². The fourth-order valence-electron chi connectivity index (χ4n) is 10.6. The van der Waals surface area contributed by atoms with Gasteiger partial charge in [0.05, 0.1) is 0 Å². The Morgan fingerprint density at radius 1 is 0.939 bits per heavy atom. The molecule has 1 spiro atoms. The summed E-state index contributed by atoms with van der Waals surface area (Å²) in [6, 6.07) is 0. The third-order valence-electron chi connectivity index (χ3n) is 12.2. The standard InChI is InChI=1S/C30H50O3/c1-19(2)9-8-10-20(3)23-11-12-24-22-13-18-30-28(6,25(22)14-16-27(23,24)5)17-15-26(32-21(4)31)29(30,7)33-30/h19-20,22-26H,8-18H2,1-7H3. The number of hydrogen-bond donors (Lipinski definition) is 0. The Morgan fingerprint density at radius 3 is 2.39 bits per heavy atom. The lowest BCUT2D eigenvalue weighted by Crippen LogP contribution is -2.61. The van der Waals surface area contributed by atoms with Gasteiger partial charge in [-0.15, -0.1) is 0 Å². The maximum Gasteiger partial charge on any atom is 0.303 e. The third kappa shape index (κ3) is 3.33. The molecule has 33 heavy (non-hydrogen) atoms. The first-order valence-corrected chi connectivity index (χ1v) is 14.4. The highest BCUT2D eigenvalue weighted by atomic mass is 16.7. The first-order valence-electron chi connectivity index (χ1n) is 14.4. The van der Waals surface area contributed by atoms with Crippen molar-refractivity contribution in [3.05, 3.63) is 0 Å². The lowest BCUT2D eigenvalue weighted by molar-refractivity contribution is -0.156. The average molecular weight is 459 g/mol. The number of carbonyl (C=O) groups excluding carboxylic acids is 1. The van der Waals surface area contributed by atoms with Gasteiger partial charge in [0.25, 0.3) is 0 Å². The molecule has 5 rings (SSSR count). The van der Waals surface area contributed by atoms with Crippen LogP contribution in [-0.2, 0) is 14.3 Å². The van der Waals surface area contributed by atoms with E-state index in [0.717, 1.165) is 48.3 Å². The van der Waals surface area contributed by atoms with Crippen LogP contribution < -0.4 is 0 Å². The van der Waals surface area contributed by atoms with Crippen LogP contribution in [0.2, 0.25) is 0 Å². The summed E-state index contributed by atoms with van der Waals surface area (Å²) in [4.78, 5) is 11.8. The van der Waals surface area contributed by atoms with E-state index in [9.17, 15) is 4.79 Å². The van der Waals surface area contributed by atoms with Crippen molar-refractivity contribution in [3.8, 4) is 0 Å². The van der Waals surface area contributed by atoms with Gasteiger partial charge in [-0.1, -0.05) is 53.9 Å². The summed E-state index contributed by atoms with van der Waals surface area (Å²) in [7, 11) is 0. The van der Waals surface area contributed by atoms with Crippen molar-refractivity contribution in [1.29, 1.82) is 0 Å². The minimum atomic E-state index is -0.263. The van der Waals surface area contributed by atoms with Crippen LogP contribution in [0.3, 0.4) is 0 Å². The average Bonchev–Trinajstić information content (AvgIpc) is 3.21. The van der Waals surface area contributed by atoms with E-state index in [0.29, 0.717) is 5.41 Å². The Balaban J connectivity index is 1.32. The van der Waals surface area contributed by atoms with Crippen molar-refractivity contribution in [1.82, 2.24) is 0 Å². The third-order valence-corrected chi connectivity index (χ3v) is 12.2. The van der Waals surface area contributed by atoms with Gasteiger partial charge in [0.2, 0.25) is 0 Å². The van der Waals surface area contributed by atoms with Crippen molar-refractivity contribution in [2.24, 2.45) is 46.3 Å². The zero-order valence-electron chi connectivity index (χ0n) is 22.5. The smallest absolute Gasteiger partial charge is 0.303 e. The van der Waals surface area contributed by atoms with Crippen molar-refractivity contribution in [2.75, 3.05) is 0 Å². The van der Waals surface area contributed by atoms with Gasteiger partial charge in [-0.2, -0.15) is 0 Å². The lowest BCUT2D eigenvalue weighted by Gasteiger charge is -2.60. The van der Waals surface area contributed by atoms with E-state index in [1.165, 1.54) is 57.8 Å². The molecule has 1 heterocycles. The maximum atomic E-state index is 11.8. The zero-order chi connectivity index (χ0) is 23.8. The number of fused-ring (bicyclic) bond motifs is 4. The molecule has 5 aliphatic rings. The van der Waals surface area contributed by atoms with Crippen molar-refractivity contribution >= 4 is 5.97 Å². The normalized spacial score (nSPS) is 51.2. The number of hydrogen-bond acceptors (Lipinski definition) is 3. The Hall–Kier alpha value is -0.570. The Labute approximate surface area is 203 Å². The van der Waals surface area contributed by atoms with Gasteiger partial charge in [0.15, 0.2) is 0 Å². The molecule has 0 radical (unpaired) electrons. The predicted octanol–water partition coefficient (Wildman–Crippen LogP) is 7.56. The van der Waals surface area contributed by atoms with Crippen molar-refractivity contribution in [2.45, 2.75) is 136 Å². The summed E-state index contributed by atoms with van der Waals surface area (Å²) >= 11 is 0. The molecule has 4 aliphatic carbocycles. The van der Waals surface area contributed by atoms with Gasteiger partial charge in [-0.25, -0.2) is 0 Å². The molecular formula is C30H50O3. The molecule has 188 valence electrons. The molecule has 10 atom stereocenters. The Bertz CT molecular complexity index is 777. The molecule has 3 heteroatoms. The van der Waals surface area contributed by atoms with Crippen LogP contribution in [0.4, 0.5) is 0 Å². The van der Waals surface area contributed by atoms with Crippen LogP contribution >= 0.6 is 0 Å². The number of rotatable bonds is 6. The Kier molecular flexibility index (Phi) is 5.83. The summed E-state index contributed by atoms with van der Waals surface area (Å²) < 4.78 is 12.5. The van der Waals surface area contributed by atoms with Gasteiger partial charge < -0.3 is 9.47 Å².